The minimum Gasteiger partial charge on any atom is -0.284 e. The highest BCUT2D eigenvalue weighted by Crippen LogP contribution is 2.27. The zero-order valence-electron chi connectivity index (χ0n) is 45.1. The summed E-state index contributed by atoms with van der Waals surface area (Å²) in [5, 5.41) is 3.68. The first-order valence-corrected chi connectivity index (χ1v) is 30.2. The molecule has 4 amide bonds. The van der Waals surface area contributed by atoms with Crippen LogP contribution in [0, 0.1) is 11.8 Å². The van der Waals surface area contributed by atoms with Crippen molar-refractivity contribution < 1.29 is 19.2 Å². The van der Waals surface area contributed by atoms with Crippen LogP contribution in [0.25, 0.3) is 0 Å². The molecule has 396 valence electrons. The summed E-state index contributed by atoms with van der Waals surface area (Å²) in [6.07, 6.45) is 59.4. The van der Waals surface area contributed by atoms with E-state index in [4.69, 9.17) is 0 Å². The van der Waals surface area contributed by atoms with E-state index in [-0.39, 0.29) is 73.7 Å². The lowest BCUT2D eigenvalue weighted by Gasteiger charge is -2.32. The van der Waals surface area contributed by atoms with Crippen molar-refractivity contribution in [2.24, 2.45) is 11.8 Å². The number of carbonyl (C=O) groups excluding carboxylic acids is 4. The molecule has 4 heterocycles. The molecule has 4 atom stereocenters. The third-order valence-corrected chi connectivity index (χ3v) is 15.7. The predicted octanol–water partition coefficient (Wildman–Crippen LogP) is 14.6. The molecular weight excluding hydrogens is 855 g/mol. The predicted molar refractivity (Wildman–Crippen MR) is 289 cm³/mol. The molecule has 9 nitrogen and oxygen atoms in total. The van der Waals surface area contributed by atoms with Crippen molar-refractivity contribution >= 4 is 23.6 Å². The third kappa shape index (κ3) is 26.8. The molecular formula is C60H107N5O4. The molecule has 0 bridgehead atoms. The average Bonchev–Trinajstić information content (AvgIpc) is 4.30. The smallest absolute Gasteiger partial charge is 0.236 e. The average molecular weight is 963 g/mol. The Kier molecular flexibility index (Phi) is 32.8. The highest BCUT2D eigenvalue weighted by atomic mass is 16.2. The number of hydrogen-bond acceptors (Lipinski definition) is 7. The highest BCUT2D eigenvalue weighted by molar-refractivity contribution is 6.05. The van der Waals surface area contributed by atoms with Gasteiger partial charge < -0.3 is 0 Å². The summed E-state index contributed by atoms with van der Waals surface area (Å²) in [4.78, 5) is 60.8. The first-order chi connectivity index (χ1) is 33.9. The van der Waals surface area contributed by atoms with Crippen LogP contribution >= 0.6 is 0 Å². The molecule has 4 aliphatic heterocycles. The van der Waals surface area contributed by atoms with Crippen molar-refractivity contribution in [2.75, 3.05) is 39.3 Å². The second kappa shape index (κ2) is 38.3. The van der Waals surface area contributed by atoms with Crippen LogP contribution in [0.2, 0.25) is 0 Å². The number of nitrogens with zero attached hydrogens (tertiary/aromatic N) is 4. The minimum atomic E-state index is -0.380. The van der Waals surface area contributed by atoms with Gasteiger partial charge in [-0.1, -0.05) is 256 Å². The lowest BCUT2D eigenvalue weighted by atomic mass is 10.0. The molecule has 0 aromatic carbocycles. The van der Waals surface area contributed by atoms with Gasteiger partial charge in [-0.3, -0.25) is 44.1 Å². The number of nitrogens with one attached hydrogen (secondary N) is 1. The van der Waals surface area contributed by atoms with E-state index in [0.29, 0.717) is 0 Å². The molecule has 4 aliphatic rings. The number of allylic oxidation sites excluding steroid dienone is 2. The fourth-order valence-corrected chi connectivity index (χ4v) is 10.8. The Morgan fingerprint density at radius 2 is 0.638 bits per heavy atom. The Hall–Kier alpha value is -2.36. The SMILES string of the molecule is CCCCCCCCCCCCCCCCCCCC/C=C/C1CC(=O)N(CC(NC(CN2C(=O)CC(/C=C/CCCCCCCCCCCCCCCCCCCC)C2=O)N2CC2)N2CC2)C1=O. The number of unbranched alkanes of at least 4 members (excludes halogenated alkanes) is 36. The molecule has 0 aromatic rings. The van der Waals surface area contributed by atoms with Gasteiger partial charge in [-0.2, -0.15) is 0 Å². The summed E-state index contributed by atoms with van der Waals surface area (Å²) in [7, 11) is 0. The number of rotatable bonds is 48. The molecule has 69 heavy (non-hydrogen) atoms. The quantitative estimate of drug-likeness (QED) is 0.0281. The van der Waals surface area contributed by atoms with E-state index in [9.17, 15) is 19.2 Å². The van der Waals surface area contributed by atoms with E-state index in [1.54, 1.807) is 0 Å². The zero-order chi connectivity index (χ0) is 49.0. The number of amides is 4. The van der Waals surface area contributed by atoms with Crippen molar-refractivity contribution in [1.82, 2.24) is 24.9 Å². The normalized spacial score (nSPS) is 19.7. The van der Waals surface area contributed by atoms with Gasteiger partial charge >= 0.3 is 0 Å². The fraction of sp³-hybridized carbons (Fsp3) is 0.867. The maximum Gasteiger partial charge on any atom is 0.236 e. The van der Waals surface area contributed by atoms with Gasteiger partial charge in [0.15, 0.2) is 0 Å². The third-order valence-electron chi connectivity index (χ3n) is 15.7. The van der Waals surface area contributed by atoms with Gasteiger partial charge in [-0.15, -0.1) is 0 Å². The highest BCUT2D eigenvalue weighted by Gasteiger charge is 2.44. The van der Waals surface area contributed by atoms with Gasteiger partial charge in [0.1, 0.15) is 0 Å². The molecule has 4 unspecified atom stereocenters. The molecule has 1 N–H and O–H groups in total. The number of likely N-dealkylation sites (tertiary alicyclic amines) is 2. The van der Waals surface area contributed by atoms with Crippen LogP contribution in [0.15, 0.2) is 24.3 Å². The number of carbonyl (C=O) groups is 4. The van der Waals surface area contributed by atoms with Gasteiger partial charge in [0, 0.05) is 39.0 Å². The first kappa shape index (κ1) is 59.2. The van der Waals surface area contributed by atoms with Crippen LogP contribution in [-0.4, -0.2) is 94.8 Å². The fourth-order valence-electron chi connectivity index (χ4n) is 10.8. The Balaban J connectivity index is 1.01. The van der Waals surface area contributed by atoms with E-state index < -0.39 is 0 Å². The number of imide groups is 2. The molecule has 0 saturated carbocycles. The maximum atomic E-state index is 13.5. The van der Waals surface area contributed by atoms with Crippen molar-refractivity contribution in [1.29, 1.82) is 0 Å². The first-order valence-electron chi connectivity index (χ1n) is 30.2. The summed E-state index contributed by atoms with van der Waals surface area (Å²) < 4.78 is 0. The van der Waals surface area contributed by atoms with Crippen molar-refractivity contribution in [3.63, 3.8) is 0 Å². The summed E-state index contributed by atoms with van der Waals surface area (Å²) in [6.45, 7) is 8.76. The van der Waals surface area contributed by atoms with Crippen LogP contribution < -0.4 is 5.32 Å². The van der Waals surface area contributed by atoms with Crippen LogP contribution in [0.4, 0.5) is 0 Å². The Labute approximate surface area is 424 Å². The molecule has 9 heteroatoms. The largest absolute Gasteiger partial charge is 0.284 e. The standard InChI is InChI=1S/C60H107N5O4/c1-3-5-7-9-11-13-15-17-19-21-23-25-27-29-31-33-35-37-39-41-43-53-49-57(66)64(59(53)68)51-55(62-45-46-62)61-56(63-47-48-63)52-65-58(67)50-54(60(65)69)44-42-40-38-36-34-32-30-28-26-24-22-20-18-16-14-12-10-8-6-4-2/h41-44,53-56,61H,3-40,45-52H2,1-2H3/b43-41+,44-42+. The Morgan fingerprint density at radius 1 is 0.391 bits per heavy atom. The van der Waals surface area contributed by atoms with Crippen molar-refractivity contribution in [3.8, 4) is 0 Å². The van der Waals surface area contributed by atoms with E-state index in [0.717, 1.165) is 51.9 Å². The van der Waals surface area contributed by atoms with E-state index in [1.807, 2.05) is 12.2 Å². The van der Waals surface area contributed by atoms with Crippen molar-refractivity contribution in [2.45, 2.75) is 283 Å². The molecule has 0 aromatic heterocycles. The van der Waals surface area contributed by atoms with E-state index >= 15 is 0 Å². The maximum absolute atomic E-state index is 13.5. The van der Waals surface area contributed by atoms with Crippen LogP contribution in [-0.2, 0) is 19.2 Å². The zero-order valence-corrected chi connectivity index (χ0v) is 45.1. The van der Waals surface area contributed by atoms with Gasteiger partial charge in [0.25, 0.3) is 0 Å². The van der Waals surface area contributed by atoms with Crippen LogP contribution in [0.1, 0.15) is 271 Å². The van der Waals surface area contributed by atoms with Crippen molar-refractivity contribution in [3.05, 3.63) is 24.3 Å². The lowest BCUT2D eigenvalue weighted by Crippen LogP contribution is -2.56. The van der Waals surface area contributed by atoms with Gasteiger partial charge in [-0.25, -0.2) is 0 Å². The van der Waals surface area contributed by atoms with Crippen LogP contribution in [0.5, 0.6) is 0 Å². The molecule has 4 rings (SSSR count). The summed E-state index contributed by atoms with van der Waals surface area (Å²) in [5.41, 5.74) is 0. The monoisotopic (exact) mass is 962 g/mol. The minimum absolute atomic E-state index is 0.101. The molecule has 4 fully saturated rings. The summed E-state index contributed by atoms with van der Waals surface area (Å²) >= 11 is 0. The molecule has 0 radical (unpaired) electrons. The van der Waals surface area contributed by atoms with Gasteiger partial charge in [-0.05, 0) is 25.7 Å². The van der Waals surface area contributed by atoms with E-state index in [2.05, 4.69) is 41.1 Å². The van der Waals surface area contributed by atoms with Gasteiger partial charge in [0.2, 0.25) is 23.6 Å². The van der Waals surface area contributed by atoms with E-state index in [1.165, 1.54) is 228 Å². The molecule has 0 spiro atoms. The topological polar surface area (TPSA) is 92.8 Å². The van der Waals surface area contributed by atoms with Gasteiger partial charge in [0.05, 0.1) is 37.3 Å². The summed E-state index contributed by atoms with van der Waals surface area (Å²) in [6, 6.07) is 0. The number of hydrogen-bond donors (Lipinski definition) is 1. The Morgan fingerprint density at radius 3 is 0.884 bits per heavy atom. The Bertz CT molecular complexity index is 1320. The van der Waals surface area contributed by atoms with Crippen LogP contribution in [0.3, 0.4) is 0 Å². The molecule has 4 saturated heterocycles. The second-order valence-electron chi connectivity index (χ2n) is 22.0. The molecule has 0 aliphatic carbocycles. The summed E-state index contributed by atoms with van der Waals surface area (Å²) in [5.74, 6) is -1.18. The lowest BCUT2D eigenvalue weighted by molar-refractivity contribution is -0.140. The second-order valence-corrected chi connectivity index (χ2v) is 22.0.